The molecule has 0 aromatic heterocycles. The highest BCUT2D eigenvalue weighted by Gasteiger charge is 2.24. The fraction of sp³-hybridized carbons (Fsp3) is 0.588. The van der Waals surface area contributed by atoms with Gasteiger partial charge in [-0.15, -0.1) is 0 Å². The fourth-order valence-electron chi connectivity index (χ4n) is 2.92. The van der Waals surface area contributed by atoms with E-state index in [0.29, 0.717) is 12.5 Å². The Morgan fingerprint density at radius 3 is 2.86 bits per heavy atom. The number of hydrogen-bond acceptors (Lipinski definition) is 3. The van der Waals surface area contributed by atoms with E-state index in [1.165, 1.54) is 5.56 Å². The van der Waals surface area contributed by atoms with Crippen LogP contribution in [0.2, 0.25) is 0 Å². The van der Waals surface area contributed by atoms with Crippen molar-refractivity contribution in [2.24, 2.45) is 0 Å². The van der Waals surface area contributed by atoms with E-state index in [1.54, 1.807) is 0 Å². The molecule has 2 atom stereocenters. The molecule has 1 fully saturated rings. The Hall–Kier alpha value is -1.39. The van der Waals surface area contributed by atoms with Crippen LogP contribution in [0.3, 0.4) is 0 Å². The van der Waals surface area contributed by atoms with Crippen LogP contribution >= 0.6 is 0 Å². The van der Waals surface area contributed by atoms with Crippen molar-refractivity contribution in [2.75, 3.05) is 19.6 Å². The summed E-state index contributed by atoms with van der Waals surface area (Å²) in [6, 6.07) is 11.1. The first-order chi connectivity index (χ1) is 10.2. The van der Waals surface area contributed by atoms with Crippen LogP contribution in [0.25, 0.3) is 0 Å². The number of carbonyl (C=O) groups is 1. The second-order valence-electron chi connectivity index (χ2n) is 5.94. The van der Waals surface area contributed by atoms with Gasteiger partial charge in [-0.3, -0.25) is 9.69 Å². The summed E-state index contributed by atoms with van der Waals surface area (Å²) in [6.07, 6.45) is 1.61. The van der Waals surface area contributed by atoms with Crippen molar-refractivity contribution >= 4 is 5.91 Å². The molecule has 2 rings (SSSR count). The number of hydrogen-bond donors (Lipinski definition) is 2. The first-order valence-corrected chi connectivity index (χ1v) is 7.96. The summed E-state index contributed by atoms with van der Waals surface area (Å²) < 4.78 is 0. The second-order valence-corrected chi connectivity index (χ2v) is 5.94. The van der Waals surface area contributed by atoms with Crippen molar-refractivity contribution in [1.82, 2.24) is 15.5 Å². The second kappa shape index (κ2) is 8.15. The van der Waals surface area contributed by atoms with Gasteiger partial charge in [0.15, 0.2) is 0 Å². The Kier molecular flexibility index (Phi) is 6.21. The molecule has 1 saturated heterocycles. The zero-order chi connectivity index (χ0) is 15.1. The lowest BCUT2D eigenvalue weighted by Crippen LogP contribution is -2.40. The molecule has 1 amide bonds. The van der Waals surface area contributed by atoms with Gasteiger partial charge in [0.05, 0.1) is 0 Å². The van der Waals surface area contributed by atoms with Crippen LogP contribution in [-0.2, 0) is 11.3 Å². The molecule has 4 heteroatoms. The summed E-state index contributed by atoms with van der Waals surface area (Å²) in [5, 5.41) is 6.43. The van der Waals surface area contributed by atoms with Gasteiger partial charge >= 0.3 is 0 Å². The first kappa shape index (κ1) is 16.0. The number of carbonyl (C=O) groups excluding carboxylic acids is 1. The quantitative estimate of drug-likeness (QED) is 0.804. The molecule has 0 bridgehead atoms. The largest absolute Gasteiger partial charge is 0.352 e. The van der Waals surface area contributed by atoms with Crippen LogP contribution in [0.5, 0.6) is 0 Å². The van der Waals surface area contributed by atoms with Gasteiger partial charge in [0.1, 0.15) is 0 Å². The number of rotatable bonds is 7. The minimum Gasteiger partial charge on any atom is -0.352 e. The Morgan fingerprint density at radius 1 is 1.38 bits per heavy atom. The highest BCUT2D eigenvalue weighted by atomic mass is 16.1. The third-order valence-corrected chi connectivity index (χ3v) is 3.93. The van der Waals surface area contributed by atoms with Gasteiger partial charge in [-0.05, 0) is 25.5 Å². The van der Waals surface area contributed by atoms with Crippen molar-refractivity contribution in [3.05, 3.63) is 35.9 Å². The highest BCUT2D eigenvalue weighted by Crippen LogP contribution is 2.13. The van der Waals surface area contributed by atoms with E-state index in [1.807, 2.05) is 6.07 Å². The molecule has 1 heterocycles. The van der Waals surface area contributed by atoms with E-state index >= 15 is 0 Å². The standard InChI is InChI=1S/C17H27N3O/c1-3-18-14(2)11-17(21)19-16-9-10-20(13-16)12-15-7-5-4-6-8-15/h4-8,14,16,18H,3,9-13H2,1-2H3,(H,19,21). The van der Waals surface area contributed by atoms with Crippen molar-refractivity contribution in [1.29, 1.82) is 0 Å². The van der Waals surface area contributed by atoms with Crippen molar-refractivity contribution in [3.8, 4) is 0 Å². The van der Waals surface area contributed by atoms with Gasteiger partial charge in [-0.25, -0.2) is 0 Å². The highest BCUT2D eigenvalue weighted by molar-refractivity contribution is 5.76. The summed E-state index contributed by atoms with van der Waals surface area (Å²) in [7, 11) is 0. The maximum atomic E-state index is 12.0. The summed E-state index contributed by atoms with van der Waals surface area (Å²) in [6.45, 7) is 8.01. The summed E-state index contributed by atoms with van der Waals surface area (Å²) in [5.41, 5.74) is 1.34. The number of amides is 1. The summed E-state index contributed by atoms with van der Waals surface area (Å²) >= 11 is 0. The summed E-state index contributed by atoms with van der Waals surface area (Å²) in [5.74, 6) is 0.162. The number of likely N-dealkylation sites (tertiary alicyclic amines) is 1. The molecule has 0 spiro atoms. The van der Waals surface area contributed by atoms with Gasteiger partial charge in [0.2, 0.25) is 5.91 Å². The molecule has 2 N–H and O–H groups in total. The Balaban J connectivity index is 1.71. The van der Waals surface area contributed by atoms with Gasteiger partial charge in [-0.2, -0.15) is 0 Å². The average Bonchev–Trinajstić information content (AvgIpc) is 2.87. The maximum Gasteiger partial charge on any atom is 0.221 e. The molecule has 0 saturated carbocycles. The third-order valence-electron chi connectivity index (χ3n) is 3.93. The lowest BCUT2D eigenvalue weighted by molar-refractivity contribution is -0.122. The third kappa shape index (κ3) is 5.48. The minimum atomic E-state index is 0.162. The van der Waals surface area contributed by atoms with Crippen molar-refractivity contribution in [2.45, 2.75) is 45.3 Å². The predicted molar refractivity (Wildman–Crippen MR) is 86.0 cm³/mol. The molecule has 0 radical (unpaired) electrons. The molecule has 4 nitrogen and oxygen atoms in total. The molecular formula is C17H27N3O. The van der Waals surface area contributed by atoms with E-state index in [4.69, 9.17) is 0 Å². The van der Waals surface area contributed by atoms with E-state index in [-0.39, 0.29) is 11.9 Å². The monoisotopic (exact) mass is 289 g/mol. The first-order valence-electron chi connectivity index (χ1n) is 7.96. The smallest absolute Gasteiger partial charge is 0.221 e. The van der Waals surface area contributed by atoms with Crippen molar-refractivity contribution < 1.29 is 4.79 Å². The SMILES string of the molecule is CCNC(C)CC(=O)NC1CCN(Cc2ccccc2)C1. The molecule has 116 valence electrons. The van der Waals surface area contributed by atoms with Crippen LogP contribution < -0.4 is 10.6 Å². The normalized spacial score (nSPS) is 20.4. The molecule has 1 aliphatic heterocycles. The van der Waals surface area contributed by atoms with E-state index in [9.17, 15) is 4.79 Å². The van der Waals surface area contributed by atoms with E-state index < -0.39 is 0 Å². The zero-order valence-electron chi connectivity index (χ0n) is 13.1. The van der Waals surface area contributed by atoms with Gasteiger partial charge in [-0.1, -0.05) is 37.3 Å². The molecule has 1 aromatic rings. The van der Waals surface area contributed by atoms with Crippen LogP contribution in [0.1, 0.15) is 32.3 Å². The molecular weight excluding hydrogens is 262 g/mol. The van der Waals surface area contributed by atoms with Gasteiger partial charge < -0.3 is 10.6 Å². The minimum absolute atomic E-state index is 0.162. The fourth-order valence-corrected chi connectivity index (χ4v) is 2.92. The van der Waals surface area contributed by atoms with E-state index in [0.717, 1.165) is 32.6 Å². The lowest BCUT2D eigenvalue weighted by Gasteiger charge is -2.18. The number of nitrogens with one attached hydrogen (secondary N) is 2. The van der Waals surface area contributed by atoms with Crippen LogP contribution in [0.4, 0.5) is 0 Å². The van der Waals surface area contributed by atoms with Crippen LogP contribution in [0.15, 0.2) is 30.3 Å². The van der Waals surface area contributed by atoms with Crippen molar-refractivity contribution in [3.63, 3.8) is 0 Å². The lowest BCUT2D eigenvalue weighted by atomic mass is 10.2. The Bertz CT molecular complexity index is 435. The topological polar surface area (TPSA) is 44.4 Å². The van der Waals surface area contributed by atoms with Crippen LogP contribution in [0, 0.1) is 0 Å². The molecule has 21 heavy (non-hydrogen) atoms. The van der Waals surface area contributed by atoms with Gasteiger partial charge in [0.25, 0.3) is 0 Å². The maximum absolute atomic E-state index is 12.0. The average molecular weight is 289 g/mol. The Morgan fingerprint density at radius 2 is 2.14 bits per heavy atom. The number of benzene rings is 1. The molecule has 0 aliphatic carbocycles. The summed E-state index contributed by atoms with van der Waals surface area (Å²) in [4.78, 5) is 14.4. The Labute approximate surface area is 127 Å². The van der Waals surface area contributed by atoms with Crippen LogP contribution in [-0.4, -0.2) is 42.5 Å². The molecule has 2 unspecified atom stereocenters. The van der Waals surface area contributed by atoms with Gasteiger partial charge in [0, 0.05) is 38.1 Å². The zero-order valence-corrected chi connectivity index (χ0v) is 13.1. The number of nitrogens with zero attached hydrogens (tertiary/aromatic N) is 1. The van der Waals surface area contributed by atoms with E-state index in [2.05, 4.69) is 53.6 Å². The predicted octanol–water partition coefficient (Wildman–Crippen LogP) is 1.77. The molecule has 1 aromatic carbocycles. The molecule has 1 aliphatic rings.